The van der Waals surface area contributed by atoms with Crippen molar-refractivity contribution >= 4 is 5.78 Å². The number of ether oxygens (including phenoxy) is 2. The summed E-state index contributed by atoms with van der Waals surface area (Å²) in [7, 11) is 1.63. The fourth-order valence-corrected chi connectivity index (χ4v) is 3.40. The maximum Gasteiger partial charge on any atom is 0.170 e. The van der Waals surface area contributed by atoms with Gasteiger partial charge in [0, 0.05) is 6.07 Å². The molecule has 1 fully saturated rings. The van der Waals surface area contributed by atoms with E-state index >= 15 is 0 Å². The molecular weight excluding hydrogens is 240 g/mol. The van der Waals surface area contributed by atoms with E-state index in [4.69, 9.17) is 9.47 Å². The molecule has 0 saturated heterocycles. The molecule has 1 aliphatic heterocycles. The van der Waals surface area contributed by atoms with Gasteiger partial charge in [0.05, 0.1) is 19.1 Å². The summed E-state index contributed by atoms with van der Waals surface area (Å²) in [5, 5.41) is 0. The van der Waals surface area contributed by atoms with Gasteiger partial charge in [-0.25, -0.2) is 0 Å². The minimum absolute atomic E-state index is 0.209. The van der Waals surface area contributed by atoms with Crippen LogP contribution in [0.2, 0.25) is 0 Å². The van der Waals surface area contributed by atoms with Crippen molar-refractivity contribution in [2.24, 2.45) is 5.92 Å². The Morgan fingerprint density at radius 3 is 3.00 bits per heavy atom. The number of carbonyl (C=O) groups excluding carboxylic acids is 1. The van der Waals surface area contributed by atoms with Gasteiger partial charge in [0.1, 0.15) is 17.1 Å². The summed E-state index contributed by atoms with van der Waals surface area (Å²) in [6.45, 7) is 2.21. The van der Waals surface area contributed by atoms with Crippen LogP contribution in [0.3, 0.4) is 0 Å². The van der Waals surface area contributed by atoms with Gasteiger partial charge in [-0.1, -0.05) is 13.3 Å². The van der Waals surface area contributed by atoms with Gasteiger partial charge in [-0.2, -0.15) is 0 Å². The van der Waals surface area contributed by atoms with Gasteiger partial charge in [0.25, 0.3) is 0 Å². The van der Waals surface area contributed by atoms with Crippen LogP contribution in [-0.2, 0) is 0 Å². The van der Waals surface area contributed by atoms with Crippen LogP contribution in [0, 0.1) is 5.92 Å². The van der Waals surface area contributed by atoms with Gasteiger partial charge in [0.2, 0.25) is 0 Å². The molecule has 1 aliphatic carbocycles. The lowest BCUT2D eigenvalue weighted by molar-refractivity contribution is 0.0421. The van der Waals surface area contributed by atoms with Crippen molar-refractivity contribution in [2.45, 2.75) is 44.6 Å². The van der Waals surface area contributed by atoms with Crippen molar-refractivity contribution in [3.8, 4) is 11.5 Å². The van der Waals surface area contributed by atoms with Crippen LogP contribution in [-0.4, -0.2) is 18.5 Å². The topological polar surface area (TPSA) is 35.5 Å². The van der Waals surface area contributed by atoms with E-state index in [0.717, 1.165) is 18.6 Å². The summed E-state index contributed by atoms with van der Waals surface area (Å²) in [5.41, 5.74) is 0.447. The van der Waals surface area contributed by atoms with Crippen LogP contribution in [0.5, 0.6) is 11.5 Å². The Balaban J connectivity index is 1.92. The zero-order valence-electron chi connectivity index (χ0n) is 11.6. The zero-order valence-corrected chi connectivity index (χ0v) is 11.6. The molecule has 2 unspecified atom stereocenters. The van der Waals surface area contributed by atoms with Gasteiger partial charge in [-0.05, 0) is 37.3 Å². The van der Waals surface area contributed by atoms with Crippen LogP contribution < -0.4 is 9.47 Å². The first-order chi connectivity index (χ1) is 9.15. The molecule has 3 heteroatoms. The molecule has 1 aromatic rings. The van der Waals surface area contributed by atoms with Crippen molar-refractivity contribution in [1.29, 1.82) is 0 Å². The average Bonchev–Trinajstić information content (AvgIpc) is 2.80. The molecule has 102 valence electrons. The van der Waals surface area contributed by atoms with E-state index in [1.54, 1.807) is 7.11 Å². The van der Waals surface area contributed by atoms with Crippen LogP contribution in [0.4, 0.5) is 0 Å². The Morgan fingerprint density at radius 1 is 1.47 bits per heavy atom. The lowest BCUT2D eigenvalue weighted by atomic mass is 9.87. The first-order valence-electron chi connectivity index (χ1n) is 7.06. The number of methoxy groups -OCH3 is 1. The Bertz CT molecular complexity index is 509. The number of carbonyl (C=O) groups is 1. The highest BCUT2D eigenvalue weighted by Gasteiger charge is 2.45. The van der Waals surface area contributed by atoms with Crippen LogP contribution in [0.25, 0.3) is 0 Å². The van der Waals surface area contributed by atoms with Crippen molar-refractivity contribution in [3.63, 3.8) is 0 Å². The van der Waals surface area contributed by atoms with Crippen LogP contribution >= 0.6 is 0 Å². The molecule has 1 saturated carbocycles. The second kappa shape index (κ2) is 4.55. The molecule has 3 rings (SSSR count). The van der Waals surface area contributed by atoms with E-state index in [9.17, 15) is 4.79 Å². The van der Waals surface area contributed by atoms with Crippen molar-refractivity contribution in [2.75, 3.05) is 7.11 Å². The Morgan fingerprint density at radius 2 is 2.32 bits per heavy atom. The van der Waals surface area contributed by atoms with Crippen LogP contribution in [0.15, 0.2) is 18.2 Å². The second-order valence-electron chi connectivity index (χ2n) is 5.76. The number of ketones is 1. The monoisotopic (exact) mass is 260 g/mol. The van der Waals surface area contributed by atoms with E-state index in [-0.39, 0.29) is 11.4 Å². The fourth-order valence-electron chi connectivity index (χ4n) is 3.40. The van der Waals surface area contributed by atoms with E-state index in [0.29, 0.717) is 23.7 Å². The van der Waals surface area contributed by atoms with E-state index < -0.39 is 0 Å². The Hall–Kier alpha value is -1.51. The highest BCUT2D eigenvalue weighted by molar-refractivity contribution is 6.00. The molecular formula is C16H20O3. The zero-order chi connectivity index (χ0) is 13.5. The third-order valence-corrected chi connectivity index (χ3v) is 4.54. The minimum Gasteiger partial charge on any atom is -0.497 e. The minimum atomic E-state index is -0.253. The smallest absolute Gasteiger partial charge is 0.170 e. The molecule has 0 N–H and O–H groups in total. The largest absolute Gasteiger partial charge is 0.497 e. The molecule has 2 aliphatic rings. The second-order valence-corrected chi connectivity index (χ2v) is 5.76. The van der Waals surface area contributed by atoms with Crippen molar-refractivity contribution in [3.05, 3.63) is 23.8 Å². The summed E-state index contributed by atoms with van der Waals surface area (Å²) < 4.78 is 11.4. The normalized spacial score (nSPS) is 29.2. The highest BCUT2D eigenvalue weighted by Crippen LogP contribution is 2.46. The van der Waals surface area contributed by atoms with E-state index in [1.165, 1.54) is 12.8 Å². The molecule has 0 aromatic heterocycles. The standard InChI is InChI=1S/C16H20O3/c1-3-11-6-7-16(9-11)10-14(17)13-5-4-12(18-2)8-15(13)19-16/h4-5,8,11H,3,6-7,9-10H2,1-2H3. The molecule has 1 aromatic carbocycles. The Labute approximate surface area is 113 Å². The highest BCUT2D eigenvalue weighted by atomic mass is 16.5. The number of Topliss-reactive ketones (excluding diaryl/α,β-unsaturated/α-hetero) is 1. The quantitative estimate of drug-likeness (QED) is 0.815. The molecule has 19 heavy (non-hydrogen) atoms. The van der Waals surface area contributed by atoms with Crippen molar-refractivity contribution in [1.82, 2.24) is 0 Å². The lowest BCUT2D eigenvalue weighted by Gasteiger charge is -2.35. The number of fused-ring (bicyclic) bond motifs is 1. The average molecular weight is 260 g/mol. The molecule has 0 amide bonds. The summed E-state index contributed by atoms with van der Waals surface area (Å²) >= 11 is 0. The third kappa shape index (κ3) is 2.11. The van der Waals surface area contributed by atoms with Gasteiger partial charge < -0.3 is 9.47 Å². The van der Waals surface area contributed by atoms with Crippen molar-refractivity contribution < 1.29 is 14.3 Å². The van der Waals surface area contributed by atoms with E-state index in [1.807, 2.05) is 18.2 Å². The molecule has 3 nitrogen and oxygen atoms in total. The van der Waals surface area contributed by atoms with Gasteiger partial charge in [0.15, 0.2) is 5.78 Å². The first-order valence-corrected chi connectivity index (χ1v) is 7.06. The maximum absolute atomic E-state index is 12.3. The van der Waals surface area contributed by atoms with E-state index in [2.05, 4.69) is 6.92 Å². The Kier molecular flexibility index (Phi) is 3.00. The summed E-state index contributed by atoms with van der Waals surface area (Å²) in [6, 6.07) is 5.48. The van der Waals surface area contributed by atoms with Gasteiger partial charge in [-0.3, -0.25) is 4.79 Å². The fraction of sp³-hybridized carbons (Fsp3) is 0.562. The third-order valence-electron chi connectivity index (χ3n) is 4.54. The number of benzene rings is 1. The number of hydrogen-bond donors (Lipinski definition) is 0. The van der Waals surface area contributed by atoms with Crippen LogP contribution in [0.1, 0.15) is 49.4 Å². The maximum atomic E-state index is 12.3. The molecule has 0 radical (unpaired) electrons. The summed E-state index contributed by atoms with van der Waals surface area (Å²) in [5.74, 6) is 2.35. The van der Waals surface area contributed by atoms with Gasteiger partial charge in [-0.15, -0.1) is 0 Å². The first kappa shape index (κ1) is 12.5. The lowest BCUT2D eigenvalue weighted by Crippen LogP contribution is -2.39. The molecule has 0 bridgehead atoms. The molecule has 2 atom stereocenters. The number of rotatable bonds is 2. The summed E-state index contributed by atoms with van der Waals surface area (Å²) in [6.07, 6.45) is 4.87. The molecule has 1 spiro atoms. The predicted molar refractivity (Wildman–Crippen MR) is 72.9 cm³/mol. The predicted octanol–water partition coefficient (Wildman–Crippen LogP) is 3.61. The summed E-state index contributed by atoms with van der Waals surface area (Å²) in [4.78, 5) is 12.3. The number of hydrogen-bond acceptors (Lipinski definition) is 3. The molecule has 1 heterocycles. The SMILES string of the molecule is CCC1CCC2(CC(=O)c3ccc(OC)cc3O2)C1. The van der Waals surface area contributed by atoms with Gasteiger partial charge >= 0.3 is 0 Å².